The van der Waals surface area contributed by atoms with E-state index < -0.39 is 0 Å². The summed E-state index contributed by atoms with van der Waals surface area (Å²) in [7, 11) is 1.68. The van der Waals surface area contributed by atoms with E-state index >= 15 is 0 Å². The average Bonchev–Trinajstić information content (AvgIpc) is 2.28. The van der Waals surface area contributed by atoms with E-state index in [0.717, 1.165) is 22.8 Å². The van der Waals surface area contributed by atoms with Crippen molar-refractivity contribution in [2.24, 2.45) is 0 Å². The normalized spacial score (nSPS) is 12.5. The Bertz CT molecular complexity index is 329. The maximum atomic E-state index is 9.12. The Labute approximate surface area is 101 Å². The average molecular weight is 241 g/mol. The summed E-state index contributed by atoms with van der Waals surface area (Å²) in [4.78, 5) is 1.14. The van der Waals surface area contributed by atoms with E-state index in [9.17, 15) is 0 Å². The van der Waals surface area contributed by atoms with Gasteiger partial charge in [0.05, 0.1) is 13.2 Å². The van der Waals surface area contributed by atoms with Crippen molar-refractivity contribution in [1.29, 1.82) is 0 Å². The number of aliphatic hydroxyl groups is 1. The predicted octanol–water partition coefficient (Wildman–Crippen LogP) is 1.89. The summed E-state index contributed by atoms with van der Waals surface area (Å²) in [5.74, 6) is 0.906. The summed E-state index contributed by atoms with van der Waals surface area (Å²) in [5.41, 5.74) is 1.16. The molecule has 1 atom stereocenters. The molecule has 0 amide bonds. The Balaban J connectivity index is 2.60. The third-order valence-electron chi connectivity index (χ3n) is 2.22. The highest BCUT2D eigenvalue weighted by molar-refractivity contribution is 7.98. The van der Waals surface area contributed by atoms with Crippen molar-refractivity contribution < 1.29 is 9.84 Å². The number of aliphatic hydroxyl groups excluding tert-OH is 1. The topological polar surface area (TPSA) is 41.5 Å². The van der Waals surface area contributed by atoms with Crippen LogP contribution in [0.4, 0.5) is 0 Å². The number of benzene rings is 1. The fourth-order valence-electron chi connectivity index (χ4n) is 1.42. The molecule has 2 N–H and O–H groups in total. The van der Waals surface area contributed by atoms with E-state index in [1.165, 1.54) is 0 Å². The fraction of sp³-hybridized carbons (Fsp3) is 0.500. The number of rotatable bonds is 6. The van der Waals surface area contributed by atoms with Gasteiger partial charge in [0.1, 0.15) is 5.75 Å². The van der Waals surface area contributed by atoms with Gasteiger partial charge in [-0.1, -0.05) is 6.07 Å². The van der Waals surface area contributed by atoms with E-state index in [1.54, 1.807) is 25.8 Å². The molecule has 90 valence electrons. The van der Waals surface area contributed by atoms with Gasteiger partial charge in [0.2, 0.25) is 0 Å². The lowest BCUT2D eigenvalue weighted by Gasteiger charge is -2.10. The first-order valence-corrected chi connectivity index (χ1v) is 6.49. The lowest BCUT2D eigenvalue weighted by molar-refractivity contribution is 0.191. The molecule has 0 radical (unpaired) electrons. The molecule has 0 aromatic heterocycles. The van der Waals surface area contributed by atoms with Crippen molar-refractivity contribution in [1.82, 2.24) is 5.32 Å². The fourth-order valence-corrected chi connectivity index (χ4v) is 1.96. The molecule has 0 heterocycles. The van der Waals surface area contributed by atoms with Crippen LogP contribution in [-0.4, -0.2) is 31.1 Å². The quantitative estimate of drug-likeness (QED) is 0.746. The lowest BCUT2D eigenvalue weighted by Crippen LogP contribution is -2.23. The second kappa shape index (κ2) is 6.78. The first-order valence-electron chi connectivity index (χ1n) is 5.27. The predicted molar refractivity (Wildman–Crippen MR) is 68.2 cm³/mol. The Morgan fingerprint density at radius 2 is 2.25 bits per heavy atom. The van der Waals surface area contributed by atoms with Crippen molar-refractivity contribution in [3.8, 4) is 5.75 Å². The van der Waals surface area contributed by atoms with E-state index in [1.807, 2.05) is 12.3 Å². The summed E-state index contributed by atoms with van der Waals surface area (Å²) < 4.78 is 5.31. The van der Waals surface area contributed by atoms with Gasteiger partial charge >= 0.3 is 0 Å². The van der Waals surface area contributed by atoms with Crippen LogP contribution in [0, 0.1) is 0 Å². The van der Waals surface area contributed by atoms with Crippen LogP contribution in [0.2, 0.25) is 0 Å². The number of thioether (sulfide) groups is 1. The van der Waals surface area contributed by atoms with Gasteiger partial charge in [-0.25, -0.2) is 0 Å². The largest absolute Gasteiger partial charge is 0.496 e. The standard InChI is InChI=1S/C12H19NO2S/c1-9(14)7-13-8-10-4-5-12(16-3)11(6-10)15-2/h4-6,9,13-14H,7-8H2,1-3H3/t9-/m1/s1. The van der Waals surface area contributed by atoms with E-state index in [0.29, 0.717) is 6.54 Å². The van der Waals surface area contributed by atoms with Gasteiger partial charge in [-0.2, -0.15) is 0 Å². The van der Waals surface area contributed by atoms with E-state index in [-0.39, 0.29) is 6.10 Å². The third kappa shape index (κ3) is 4.04. The minimum atomic E-state index is -0.313. The number of methoxy groups -OCH3 is 1. The Morgan fingerprint density at radius 3 is 2.81 bits per heavy atom. The van der Waals surface area contributed by atoms with Crippen LogP contribution in [0.5, 0.6) is 5.75 Å². The molecule has 1 aromatic carbocycles. The monoisotopic (exact) mass is 241 g/mol. The summed E-state index contributed by atoms with van der Waals surface area (Å²) >= 11 is 1.67. The summed E-state index contributed by atoms with van der Waals surface area (Å²) in [6, 6.07) is 6.16. The Hall–Kier alpha value is -0.710. The molecule has 1 aromatic rings. The van der Waals surface area contributed by atoms with Gasteiger partial charge in [-0.05, 0) is 30.9 Å². The zero-order valence-electron chi connectivity index (χ0n) is 9.99. The number of nitrogens with one attached hydrogen (secondary N) is 1. The van der Waals surface area contributed by atoms with Crippen LogP contribution < -0.4 is 10.1 Å². The van der Waals surface area contributed by atoms with Gasteiger partial charge in [0, 0.05) is 18.0 Å². The van der Waals surface area contributed by atoms with Gasteiger partial charge in [-0.3, -0.25) is 0 Å². The Morgan fingerprint density at radius 1 is 1.50 bits per heavy atom. The van der Waals surface area contributed by atoms with Crippen molar-refractivity contribution in [2.75, 3.05) is 19.9 Å². The molecule has 0 aliphatic carbocycles. The smallest absolute Gasteiger partial charge is 0.132 e. The highest BCUT2D eigenvalue weighted by Crippen LogP contribution is 2.28. The first kappa shape index (κ1) is 13.4. The second-order valence-corrected chi connectivity index (χ2v) is 4.52. The molecule has 16 heavy (non-hydrogen) atoms. The van der Waals surface area contributed by atoms with E-state index in [4.69, 9.17) is 9.84 Å². The van der Waals surface area contributed by atoms with Crippen molar-refractivity contribution >= 4 is 11.8 Å². The van der Waals surface area contributed by atoms with E-state index in [2.05, 4.69) is 17.4 Å². The lowest BCUT2D eigenvalue weighted by atomic mass is 10.2. The SMILES string of the molecule is COc1cc(CNC[C@@H](C)O)ccc1SC. The molecule has 0 spiro atoms. The summed E-state index contributed by atoms with van der Waals surface area (Å²) in [5, 5.41) is 12.3. The molecule has 4 heteroatoms. The maximum absolute atomic E-state index is 9.12. The molecule has 0 aliphatic heterocycles. The Kier molecular flexibility index (Phi) is 5.66. The first-order chi connectivity index (χ1) is 7.67. The molecular formula is C12H19NO2S. The molecule has 0 saturated carbocycles. The molecule has 3 nitrogen and oxygen atoms in total. The zero-order chi connectivity index (χ0) is 12.0. The number of ether oxygens (including phenoxy) is 1. The summed E-state index contributed by atoms with van der Waals surface area (Å²) in [6.07, 6.45) is 1.72. The number of hydrogen-bond donors (Lipinski definition) is 2. The minimum Gasteiger partial charge on any atom is -0.496 e. The summed E-state index contributed by atoms with van der Waals surface area (Å²) in [6.45, 7) is 3.12. The van der Waals surface area contributed by atoms with Gasteiger partial charge in [-0.15, -0.1) is 11.8 Å². The van der Waals surface area contributed by atoms with Crippen molar-refractivity contribution in [2.45, 2.75) is 24.5 Å². The highest BCUT2D eigenvalue weighted by atomic mass is 32.2. The molecule has 0 fully saturated rings. The third-order valence-corrected chi connectivity index (χ3v) is 2.99. The zero-order valence-corrected chi connectivity index (χ0v) is 10.8. The van der Waals surface area contributed by atoms with Crippen LogP contribution in [0.25, 0.3) is 0 Å². The van der Waals surface area contributed by atoms with Crippen LogP contribution in [0.1, 0.15) is 12.5 Å². The molecule has 0 aliphatic rings. The number of hydrogen-bond acceptors (Lipinski definition) is 4. The van der Waals surface area contributed by atoms with Gasteiger partial charge in [0.25, 0.3) is 0 Å². The minimum absolute atomic E-state index is 0.313. The van der Waals surface area contributed by atoms with Crippen molar-refractivity contribution in [3.63, 3.8) is 0 Å². The molecule has 0 unspecified atom stereocenters. The van der Waals surface area contributed by atoms with Gasteiger partial charge < -0.3 is 15.2 Å². The molecule has 1 rings (SSSR count). The molecule has 0 bridgehead atoms. The molecule has 0 saturated heterocycles. The van der Waals surface area contributed by atoms with Crippen LogP contribution >= 0.6 is 11.8 Å². The van der Waals surface area contributed by atoms with Crippen molar-refractivity contribution in [3.05, 3.63) is 23.8 Å². The van der Waals surface area contributed by atoms with Gasteiger partial charge in [0.15, 0.2) is 0 Å². The van der Waals surface area contributed by atoms with Crippen LogP contribution in [0.3, 0.4) is 0 Å². The van der Waals surface area contributed by atoms with Crippen LogP contribution in [0.15, 0.2) is 23.1 Å². The van der Waals surface area contributed by atoms with Crippen LogP contribution in [-0.2, 0) is 6.54 Å². The molecular weight excluding hydrogens is 222 g/mol. The maximum Gasteiger partial charge on any atom is 0.132 e. The second-order valence-electron chi connectivity index (χ2n) is 3.67. The highest BCUT2D eigenvalue weighted by Gasteiger charge is 2.03.